The highest BCUT2D eigenvalue weighted by atomic mass is 32.1. The third-order valence-corrected chi connectivity index (χ3v) is 16.3. The maximum absolute atomic E-state index is 5.46. The first-order valence-corrected chi connectivity index (χ1v) is 23.6. The zero-order chi connectivity index (χ0) is 43.3. The van der Waals surface area contributed by atoms with Crippen LogP contribution in [0.25, 0.3) is 109 Å². The molecule has 8 aromatic carbocycles. The van der Waals surface area contributed by atoms with Gasteiger partial charge in [0, 0.05) is 58.3 Å². The molecule has 0 saturated heterocycles. The molecule has 14 rings (SSSR count). The average Bonchev–Trinajstić information content (AvgIpc) is 3.99. The summed E-state index contributed by atoms with van der Waals surface area (Å²) in [6.45, 7) is 9.84. The molecule has 5 nitrogen and oxygen atoms in total. The normalized spacial score (nSPS) is 17.5. The minimum atomic E-state index is -0.111. The van der Waals surface area contributed by atoms with Gasteiger partial charge in [-0.2, -0.15) is 9.97 Å². The van der Waals surface area contributed by atoms with Gasteiger partial charge < -0.3 is 4.57 Å². The third-order valence-electron chi connectivity index (χ3n) is 15.2. The molecule has 0 radical (unpaired) electrons. The molecule has 0 saturated carbocycles. The number of aromatic nitrogens is 5. The molecule has 1 aliphatic heterocycles. The summed E-state index contributed by atoms with van der Waals surface area (Å²) in [6, 6.07) is 62.0. The largest absolute Gasteiger partial charge is 0.309 e. The molecular weight excluding hydrogens is 811 g/mol. The zero-order valence-electron chi connectivity index (χ0n) is 36.6. The molecule has 0 N–H and O–H groups in total. The van der Waals surface area contributed by atoms with E-state index in [0.717, 1.165) is 45.1 Å². The van der Waals surface area contributed by atoms with Crippen LogP contribution in [0.4, 0.5) is 0 Å². The van der Waals surface area contributed by atoms with Crippen molar-refractivity contribution in [1.82, 2.24) is 24.1 Å². The summed E-state index contributed by atoms with van der Waals surface area (Å²) < 4.78 is 7.38. The van der Waals surface area contributed by atoms with E-state index in [1.165, 1.54) is 69.7 Å². The van der Waals surface area contributed by atoms with Crippen molar-refractivity contribution in [2.75, 3.05) is 0 Å². The van der Waals surface area contributed by atoms with Crippen LogP contribution in [0.2, 0.25) is 0 Å². The quantitative estimate of drug-likeness (QED) is 0.177. The molecule has 12 aromatic rings. The molecular formula is C59H43N5S. The van der Waals surface area contributed by atoms with Crippen LogP contribution in [0.3, 0.4) is 0 Å². The SMILES string of the molecule is CC1CC(C)(C)c2cccc3c2C1(C)c1cccc2c4cc5c6ccccc6n(-c6nc(-c7cccc(-c8ccccc8)c7)nc(-c7ccc8sc9ccccc9c8c7)n6)c5cc4n-3c12. The molecule has 310 valence electrons. The topological polar surface area (TPSA) is 48.5 Å². The van der Waals surface area contributed by atoms with Gasteiger partial charge in [0.25, 0.3) is 0 Å². The van der Waals surface area contributed by atoms with Crippen molar-refractivity contribution in [3.63, 3.8) is 0 Å². The fourth-order valence-corrected chi connectivity index (χ4v) is 13.1. The lowest BCUT2D eigenvalue weighted by atomic mass is 9.54. The Morgan fingerprint density at radius 3 is 1.98 bits per heavy atom. The highest BCUT2D eigenvalue weighted by molar-refractivity contribution is 7.25. The molecule has 1 aliphatic carbocycles. The van der Waals surface area contributed by atoms with Crippen molar-refractivity contribution in [3.05, 3.63) is 187 Å². The Kier molecular flexibility index (Phi) is 7.45. The van der Waals surface area contributed by atoms with Crippen molar-refractivity contribution in [2.24, 2.45) is 5.92 Å². The third kappa shape index (κ3) is 5.06. The van der Waals surface area contributed by atoms with Crippen LogP contribution in [0.5, 0.6) is 0 Å². The Labute approximate surface area is 380 Å². The van der Waals surface area contributed by atoms with Crippen LogP contribution < -0.4 is 0 Å². The van der Waals surface area contributed by atoms with Gasteiger partial charge in [0.2, 0.25) is 5.95 Å². The van der Waals surface area contributed by atoms with Gasteiger partial charge in [-0.3, -0.25) is 4.57 Å². The molecule has 2 unspecified atom stereocenters. The Bertz CT molecular complexity index is 4000. The Morgan fingerprint density at radius 2 is 1.12 bits per heavy atom. The van der Waals surface area contributed by atoms with Crippen molar-refractivity contribution in [1.29, 1.82) is 0 Å². The summed E-state index contributed by atoms with van der Waals surface area (Å²) in [5.74, 6) is 2.33. The lowest BCUT2D eigenvalue weighted by Crippen LogP contribution is -2.45. The number of benzene rings is 8. The maximum atomic E-state index is 5.46. The Balaban J connectivity index is 1.07. The van der Waals surface area contributed by atoms with Crippen molar-refractivity contribution >= 4 is 75.1 Å². The van der Waals surface area contributed by atoms with E-state index < -0.39 is 0 Å². The van der Waals surface area contributed by atoms with Gasteiger partial charge in [0.05, 0.1) is 27.8 Å². The number of thiophene rings is 1. The fraction of sp³-hybridized carbons (Fsp3) is 0.136. The van der Waals surface area contributed by atoms with Crippen molar-refractivity contribution < 1.29 is 0 Å². The summed E-state index contributed by atoms with van der Waals surface area (Å²) in [7, 11) is 0. The van der Waals surface area contributed by atoms with E-state index in [-0.39, 0.29) is 10.8 Å². The van der Waals surface area contributed by atoms with E-state index in [2.05, 4.69) is 207 Å². The molecule has 2 atom stereocenters. The molecule has 4 aromatic heterocycles. The molecule has 0 fully saturated rings. The number of hydrogen-bond donors (Lipinski definition) is 0. The second-order valence-corrected chi connectivity index (χ2v) is 20.3. The Hall–Kier alpha value is -7.41. The summed E-state index contributed by atoms with van der Waals surface area (Å²) in [4.78, 5) is 16.2. The minimum Gasteiger partial charge on any atom is -0.309 e. The summed E-state index contributed by atoms with van der Waals surface area (Å²) in [5.41, 5.74) is 14.4. The van der Waals surface area contributed by atoms with Crippen LogP contribution in [0.15, 0.2) is 170 Å². The van der Waals surface area contributed by atoms with Gasteiger partial charge in [-0.25, -0.2) is 4.98 Å². The van der Waals surface area contributed by atoms with Gasteiger partial charge in [-0.05, 0) is 100 Å². The van der Waals surface area contributed by atoms with E-state index in [0.29, 0.717) is 23.5 Å². The standard InChI is InChI=1S/C59H43N5S/c1-34-33-58(2,3)45-22-14-25-48-53(45)59(34,4)46-23-13-21-41-43-31-42-39-19-8-10-24-47(39)64(50(42)32-49(43)63(48)54(41)46)57-61-55(37-18-12-17-36(29-37)35-15-6-5-7-16-35)60-56(62-57)38-27-28-52-44(30-38)40-20-9-11-26-51(40)65-52/h5-32,34H,33H2,1-4H3. The number of hydrogen-bond acceptors (Lipinski definition) is 4. The smallest absolute Gasteiger partial charge is 0.238 e. The molecule has 65 heavy (non-hydrogen) atoms. The molecule has 5 heterocycles. The van der Waals surface area contributed by atoms with Crippen LogP contribution in [0, 0.1) is 5.92 Å². The second kappa shape index (κ2) is 13.1. The highest BCUT2D eigenvalue weighted by Crippen LogP contribution is 2.59. The predicted molar refractivity (Wildman–Crippen MR) is 271 cm³/mol. The first kappa shape index (κ1) is 37.0. The zero-order valence-corrected chi connectivity index (χ0v) is 37.4. The predicted octanol–water partition coefficient (Wildman–Crippen LogP) is 15.4. The van der Waals surface area contributed by atoms with E-state index in [1.807, 2.05) is 11.3 Å². The highest BCUT2D eigenvalue weighted by Gasteiger charge is 2.50. The number of fused-ring (bicyclic) bond motifs is 11. The van der Waals surface area contributed by atoms with E-state index >= 15 is 0 Å². The van der Waals surface area contributed by atoms with Gasteiger partial charge in [0.1, 0.15) is 0 Å². The average molecular weight is 854 g/mol. The fourth-order valence-electron chi connectivity index (χ4n) is 12.0. The minimum absolute atomic E-state index is 0.0636. The monoisotopic (exact) mass is 853 g/mol. The first-order valence-electron chi connectivity index (χ1n) is 22.7. The summed E-state index contributed by atoms with van der Waals surface area (Å²) in [6.07, 6.45) is 1.14. The summed E-state index contributed by atoms with van der Waals surface area (Å²) >= 11 is 1.82. The number of rotatable bonds is 4. The van der Waals surface area contributed by atoms with Crippen molar-refractivity contribution in [3.8, 4) is 45.5 Å². The van der Waals surface area contributed by atoms with Crippen LogP contribution in [0.1, 0.15) is 50.8 Å². The Morgan fingerprint density at radius 1 is 0.477 bits per heavy atom. The maximum Gasteiger partial charge on any atom is 0.238 e. The van der Waals surface area contributed by atoms with Crippen LogP contribution in [-0.2, 0) is 10.8 Å². The molecule has 0 amide bonds. The van der Waals surface area contributed by atoms with Crippen molar-refractivity contribution in [2.45, 2.75) is 44.9 Å². The van der Waals surface area contributed by atoms with Gasteiger partial charge in [-0.15, -0.1) is 11.3 Å². The second-order valence-electron chi connectivity index (χ2n) is 19.2. The van der Waals surface area contributed by atoms with Crippen LogP contribution in [-0.4, -0.2) is 24.1 Å². The lowest BCUT2D eigenvalue weighted by Gasteiger charge is -2.51. The molecule has 0 bridgehead atoms. The number of nitrogens with zero attached hydrogens (tertiary/aromatic N) is 5. The van der Waals surface area contributed by atoms with Gasteiger partial charge >= 0.3 is 0 Å². The van der Waals surface area contributed by atoms with E-state index in [1.54, 1.807) is 0 Å². The van der Waals surface area contributed by atoms with Gasteiger partial charge in [-0.1, -0.05) is 143 Å². The van der Waals surface area contributed by atoms with E-state index in [9.17, 15) is 0 Å². The molecule has 0 spiro atoms. The molecule has 6 heteroatoms. The number of para-hydroxylation sites is 2. The van der Waals surface area contributed by atoms with Gasteiger partial charge in [0.15, 0.2) is 11.6 Å². The van der Waals surface area contributed by atoms with E-state index in [4.69, 9.17) is 15.0 Å². The summed E-state index contributed by atoms with van der Waals surface area (Å²) in [5, 5.41) is 7.35. The lowest BCUT2D eigenvalue weighted by molar-refractivity contribution is 0.250. The van der Waals surface area contributed by atoms with Crippen LogP contribution >= 0.6 is 11.3 Å². The first-order chi connectivity index (χ1) is 31.7. The molecule has 2 aliphatic rings.